The zero-order valence-electron chi connectivity index (χ0n) is 30.2. The third kappa shape index (κ3) is 10.1. The summed E-state index contributed by atoms with van der Waals surface area (Å²) in [5, 5.41) is 24.2. The normalized spacial score (nSPS) is 19.4. The Kier molecular flexibility index (Phi) is 13.5. The van der Waals surface area contributed by atoms with E-state index in [0.717, 1.165) is 25.7 Å². The largest absolute Gasteiger partial charge is 0.611 e. The SMILES string of the molecule is CC(C)(C)OC(=O)N(CC1CCCCC1)C1CCN(C(=O)CC2=C(C(=O)O)C(c3c(Cl)cccc3Cl)C(C(=O)O)=C(C[S+]([O-])c3ccccc3)N2)CC1. The molecule has 0 radical (unpaired) electrons. The van der Waals surface area contributed by atoms with Crippen molar-refractivity contribution in [2.45, 2.75) is 94.6 Å². The topological polar surface area (TPSA) is 160 Å². The van der Waals surface area contributed by atoms with Gasteiger partial charge in [0.05, 0.1) is 29.2 Å². The number of carboxylic acids is 2. The number of hydrogen-bond donors (Lipinski definition) is 3. The van der Waals surface area contributed by atoms with Gasteiger partial charge in [0.1, 0.15) is 5.60 Å². The fraction of sp³-hybridized carbons (Fsp3) is 0.487. The van der Waals surface area contributed by atoms with Crippen LogP contribution in [0.15, 0.2) is 76.0 Å². The Hall–Kier alpha value is -3.71. The highest BCUT2D eigenvalue weighted by atomic mass is 35.5. The molecule has 286 valence electrons. The van der Waals surface area contributed by atoms with E-state index in [0.29, 0.717) is 43.3 Å². The Morgan fingerprint density at radius 1 is 0.887 bits per heavy atom. The molecule has 0 aromatic heterocycles. The van der Waals surface area contributed by atoms with Crippen molar-refractivity contribution in [3.63, 3.8) is 0 Å². The van der Waals surface area contributed by atoms with E-state index in [4.69, 9.17) is 27.9 Å². The van der Waals surface area contributed by atoms with Gasteiger partial charge in [-0.3, -0.25) is 4.79 Å². The minimum absolute atomic E-state index is 0.0112. The maximum Gasteiger partial charge on any atom is 0.410 e. The molecule has 53 heavy (non-hydrogen) atoms. The van der Waals surface area contributed by atoms with E-state index in [1.807, 2.05) is 25.7 Å². The van der Waals surface area contributed by atoms with Gasteiger partial charge in [-0.15, -0.1) is 0 Å². The first kappa shape index (κ1) is 40.5. The number of ether oxygens (including phenoxy) is 1. The first-order valence-electron chi connectivity index (χ1n) is 18.0. The smallest absolute Gasteiger partial charge is 0.410 e. The van der Waals surface area contributed by atoms with Crippen molar-refractivity contribution in [1.82, 2.24) is 15.1 Å². The summed E-state index contributed by atoms with van der Waals surface area (Å²) in [5.74, 6) is -4.69. The van der Waals surface area contributed by atoms with Crippen molar-refractivity contribution in [2.75, 3.05) is 25.4 Å². The van der Waals surface area contributed by atoms with Crippen molar-refractivity contribution in [1.29, 1.82) is 0 Å². The van der Waals surface area contributed by atoms with Crippen molar-refractivity contribution in [2.24, 2.45) is 5.92 Å². The van der Waals surface area contributed by atoms with E-state index in [9.17, 15) is 33.9 Å². The van der Waals surface area contributed by atoms with Gasteiger partial charge in [-0.25, -0.2) is 14.4 Å². The molecule has 11 nitrogen and oxygen atoms in total. The molecule has 2 fully saturated rings. The van der Waals surface area contributed by atoms with Gasteiger partial charge in [-0.2, -0.15) is 0 Å². The number of halogens is 2. The summed E-state index contributed by atoms with van der Waals surface area (Å²) in [5.41, 5.74) is -1.42. The molecule has 2 aromatic rings. The summed E-state index contributed by atoms with van der Waals surface area (Å²) in [4.78, 5) is 57.4. The molecule has 2 aromatic carbocycles. The van der Waals surface area contributed by atoms with Crippen LogP contribution in [0.3, 0.4) is 0 Å². The van der Waals surface area contributed by atoms with Gasteiger partial charge in [0.2, 0.25) is 5.91 Å². The maximum absolute atomic E-state index is 14.0. The number of nitrogens with one attached hydrogen (secondary N) is 1. The van der Waals surface area contributed by atoms with Crippen molar-refractivity contribution >= 4 is 58.3 Å². The Morgan fingerprint density at radius 2 is 1.47 bits per heavy atom. The minimum atomic E-state index is -1.73. The highest BCUT2D eigenvalue weighted by Crippen LogP contribution is 2.45. The van der Waals surface area contributed by atoms with Crippen molar-refractivity contribution < 1.29 is 38.7 Å². The summed E-state index contributed by atoms with van der Waals surface area (Å²) >= 11 is 11.4. The van der Waals surface area contributed by atoms with Gasteiger partial charge in [0.15, 0.2) is 10.6 Å². The molecule has 3 aliphatic rings. The number of carbonyl (C=O) groups excluding carboxylic acids is 2. The summed E-state index contributed by atoms with van der Waals surface area (Å²) in [6.45, 7) is 6.77. The highest BCUT2D eigenvalue weighted by Gasteiger charge is 2.43. The van der Waals surface area contributed by atoms with E-state index in [-0.39, 0.29) is 56.4 Å². The Balaban J connectivity index is 1.42. The number of piperidine rings is 1. The van der Waals surface area contributed by atoms with E-state index in [1.54, 1.807) is 41.3 Å². The number of nitrogens with zero attached hydrogens (tertiary/aromatic N) is 2. The number of carboxylic acid groups (broad SMARTS) is 2. The molecular weight excluding hydrogens is 741 g/mol. The fourth-order valence-electron chi connectivity index (χ4n) is 7.46. The molecule has 2 heterocycles. The third-order valence-corrected chi connectivity index (χ3v) is 12.0. The van der Waals surface area contributed by atoms with Crippen LogP contribution in [0.5, 0.6) is 0 Å². The first-order valence-corrected chi connectivity index (χ1v) is 20.1. The van der Waals surface area contributed by atoms with Crippen LogP contribution in [0.25, 0.3) is 0 Å². The molecule has 2 amide bonds. The minimum Gasteiger partial charge on any atom is -0.611 e. The first-order chi connectivity index (χ1) is 25.1. The molecule has 2 unspecified atom stereocenters. The van der Waals surface area contributed by atoms with Crippen LogP contribution >= 0.6 is 23.2 Å². The molecule has 1 saturated heterocycles. The Morgan fingerprint density at radius 3 is 2.04 bits per heavy atom. The van der Waals surface area contributed by atoms with Crippen molar-refractivity contribution in [3.8, 4) is 0 Å². The van der Waals surface area contributed by atoms with Crippen LogP contribution in [0.1, 0.15) is 83.6 Å². The number of hydrogen-bond acceptors (Lipinski definition) is 7. The number of rotatable bonds is 11. The van der Waals surface area contributed by atoms with Crippen LogP contribution < -0.4 is 5.32 Å². The molecule has 0 spiro atoms. The number of benzene rings is 2. The number of likely N-dealkylation sites (tertiary alicyclic amines) is 1. The van der Waals surface area contributed by atoms with Gasteiger partial charge in [-0.05, 0) is 87.8 Å². The average molecular weight is 789 g/mol. The zero-order valence-corrected chi connectivity index (χ0v) is 32.6. The van der Waals surface area contributed by atoms with Gasteiger partial charge in [-0.1, -0.05) is 66.7 Å². The standard InChI is InChI=1S/C39H47Cl2N3O8S/c1-39(2,3)52-38(50)44(22-24-11-6-4-7-12-24)25-17-19-43(20-18-25)31(45)21-29-33(36(46)47)35(32-27(40)15-10-16-28(32)41)34(37(48)49)30(42-29)23-53(51)26-13-8-5-9-14-26/h5,8-10,13-16,24-25,35,42H,4,6-7,11-12,17-23H2,1-3H3,(H,46,47)(H,48,49). The second kappa shape index (κ2) is 17.6. The number of amides is 2. The molecule has 5 rings (SSSR count). The van der Waals surface area contributed by atoms with E-state index in [1.165, 1.54) is 18.6 Å². The zero-order chi connectivity index (χ0) is 38.4. The number of carbonyl (C=O) groups is 4. The molecule has 1 saturated carbocycles. The van der Waals surface area contributed by atoms with Crippen LogP contribution in [-0.2, 0) is 30.3 Å². The molecule has 1 aliphatic carbocycles. The Bertz CT molecular complexity index is 1730. The van der Waals surface area contributed by atoms with E-state index >= 15 is 0 Å². The second-order valence-electron chi connectivity index (χ2n) is 14.8. The predicted molar refractivity (Wildman–Crippen MR) is 203 cm³/mol. The number of aliphatic carboxylic acids is 2. The summed E-state index contributed by atoms with van der Waals surface area (Å²) < 4.78 is 19.3. The molecular formula is C39H47Cl2N3O8S. The second-order valence-corrected chi connectivity index (χ2v) is 17.1. The Labute approximate surface area is 323 Å². The van der Waals surface area contributed by atoms with Crippen LogP contribution in [-0.4, -0.2) is 85.5 Å². The molecule has 2 atom stereocenters. The third-order valence-electron chi connectivity index (χ3n) is 9.95. The van der Waals surface area contributed by atoms with Gasteiger partial charge in [0.25, 0.3) is 0 Å². The molecule has 0 bridgehead atoms. The van der Waals surface area contributed by atoms with Crippen LogP contribution in [0.4, 0.5) is 4.79 Å². The molecule has 2 aliphatic heterocycles. The fourth-order valence-corrected chi connectivity index (χ4v) is 9.19. The maximum atomic E-state index is 14.0. The van der Waals surface area contributed by atoms with Gasteiger partial charge < -0.3 is 34.6 Å². The van der Waals surface area contributed by atoms with Gasteiger partial charge in [0, 0.05) is 47.0 Å². The monoisotopic (exact) mass is 787 g/mol. The highest BCUT2D eigenvalue weighted by molar-refractivity contribution is 7.91. The lowest BCUT2D eigenvalue weighted by Gasteiger charge is -2.41. The van der Waals surface area contributed by atoms with E-state index < -0.39 is 46.6 Å². The lowest BCUT2D eigenvalue weighted by molar-refractivity contribution is -0.133. The summed E-state index contributed by atoms with van der Waals surface area (Å²) in [7, 11) is 0. The predicted octanol–water partition coefficient (Wildman–Crippen LogP) is 7.36. The van der Waals surface area contributed by atoms with Crippen molar-refractivity contribution in [3.05, 3.63) is 86.7 Å². The molecule has 3 N–H and O–H groups in total. The lowest BCUT2D eigenvalue weighted by atomic mass is 9.79. The summed E-state index contributed by atoms with van der Waals surface area (Å²) in [6.07, 6.45) is 5.85. The van der Waals surface area contributed by atoms with Crippen LogP contribution in [0, 0.1) is 5.92 Å². The summed E-state index contributed by atoms with van der Waals surface area (Å²) in [6, 6.07) is 12.9. The van der Waals surface area contributed by atoms with Crippen LogP contribution in [0.2, 0.25) is 10.0 Å². The lowest BCUT2D eigenvalue weighted by Crippen LogP contribution is -2.51. The number of dihydropyridines is 1. The van der Waals surface area contributed by atoms with E-state index in [2.05, 4.69) is 5.32 Å². The average Bonchev–Trinajstić information content (AvgIpc) is 3.10. The quantitative estimate of drug-likeness (QED) is 0.198. The van der Waals surface area contributed by atoms with Gasteiger partial charge >= 0.3 is 18.0 Å². The molecule has 14 heteroatoms.